The van der Waals surface area contributed by atoms with Crippen LogP contribution in [0.15, 0.2) is 18.2 Å². The zero-order valence-electron chi connectivity index (χ0n) is 10.00. The summed E-state index contributed by atoms with van der Waals surface area (Å²) in [6, 6.07) is 3.90. The number of ketones is 1. The Labute approximate surface area is 99.8 Å². The fourth-order valence-corrected chi connectivity index (χ4v) is 2.02. The molecule has 1 aliphatic carbocycles. The van der Waals surface area contributed by atoms with Gasteiger partial charge < -0.3 is 10.5 Å². The summed E-state index contributed by atoms with van der Waals surface area (Å²) in [6.07, 6.45) is 1.91. The third kappa shape index (κ3) is 2.17. The molecule has 1 aliphatic rings. The Kier molecular flexibility index (Phi) is 2.91. The SMILES string of the molecule is COc1ccc(F)cc1C(=O)C(C)(N)C1CC1. The van der Waals surface area contributed by atoms with Gasteiger partial charge in [0.15, 0.2) is 5.78 Å². The van der Waals surface area contributed by atoms with Gasteiger partial charge in [-0.1, -0.05) is 0 Å². The molecule has 0 aromatic heterocycles. The molecule has 1 atom stereocenters. The number of nitrogens with two attached hydrogens (primary N) is 1. The Morgan fingerprint density at radius 3 is 2.71 bits per heavy atom. The third-order valence-electron chi connectivity index (χ3n) is 3.32. The van der Waals surface area contributed by atoms with Crippen LogP contribution < -0.4 is 10.5 Å². The van der Waals surface area contributed by atoms with Crippen molar-refractivity contribution in [3.05, 3.63) is 29.6 Å². The van der Waals surface area contributed by atoms with Crippen LogP contribution in [0, 0.1) is 11.7 Å². The van der Waals surface area contributed by atoms with Crippen molar-refractivity contribution in [3.8, 4) is 5.75 Å². The Bertz CT molecular complexity index is 453. The highest BCUT2D eigenvalue weighted by Gasteiger charge is 2.44. The van der Waals surface area contributed by atoms with Gasteiger partial charge >= 0.3 is 0 Å². The van der Waals surface area contributed by atoms with E-state index in [0.717, 1.165) is 12.8 Å². The van der Waals surface area contributed by atoms with Gasteiger partial charge in [-0.25, -0.2) is 4.39 Å². The zero-order chi connectivity index (χ0) is 12.6. The molecule has 1 saturated carbocycles. The number of hydrogen-bond acceptors (Lipinski definition) is 3. The van der Waals surface area contributed by atoms with Gasteiger partial charge in [-0.15, -0.1) is 0 Å². The lowest BCUT2D eigenvalue weighted by Crippen LogP contribution is -2.47. The minimum atomic E-state index is -0.929. The van der Waals surface area contributed by atoms with Gasteiger partial charge in [0.25, 0.3) is 0 Å². The van der Waals surface area contributed by atoms with Crippen LogP contribution >= 0.6 is 0 Å². The molecule has 1 unspecified atom stereocenters. The lowest BCUT2D eigenvalue weighted by atomic mass is 9.87. The number of ether oxygens (including phenoxy) is 1. The molecule has 0 radical (unpaired) electrons. The van der Waals surface area contributed by atoms with Crippen molar-refractivity contribution >= 4 is 5.78 Å². The molecule has 0 heterocycles. The number of hydrogen-bond donors (Lipinski definition) is 1. The van der Waals surface area contributed by atoms with Gasteiger partial charge in [0, 0.05) is 0 Å². The molecule has 17 heavy (non-hydrogen) atoms. The molecule has 0 amide bonds. The first-order chi connectivity index (χ1) is 7.96. The number of carbonyl (C=O) groups excluding carboxylic acids is 1. The van der Waals surface area contributed by atoms with Crippen molar-refractivity contribution in [2.45, 2.75) is 25.3 Å². The molecule has 1 aromatic rings. The second-order valence-electron chi connectivity index (χ2n) is 4.73. The first-order valence-electron chi connectivity index (χ1n) is 5.64. The van der Waals surface area contributed by atoms with Gasteiger partial charge in [0.1, 0.15) is 11.6 Å². The van der Waals surface area contributed by atoms with Gasteiger partial charge in [0.2, 0.25) is 0 Å². The second kappa shape index (κ2) is 4.11. The molecule has 0 bridgehead atoms. The van der Waals surface area contributed by atoms with Crippen LogP contribution in [0.5, 0.6) is 5.75 Å². The summed E-state index contributed by atoms with van der Waals surface area (Å²) in [5.41, 5.74) is 5.34. The van der Waals surface area contributed by atoms with Crippen LogP contribution in [0.25, 0.3) is 0 Å². The van der Waals surface area contributed by atoms with E-state index in [2.05, 4.69) is 0 Å². The van der Waals surface area contributed by atoms with E-state index in [0.29, 0.717) is 5.75 Å². The molecule has 1 aromatic carbocycles. The molecule has 1 fully saturated rings. The highest BCUT2D eigenvalue weighted by Crippen LogP contribution is 2.40. The lowest BCUT2D eigenvalue weighted by Gasteiger charge is -2.23. The van der Waals surface area contributed by atoms with Crippen molar-refractivity contribution in [2.75, 3.05) is 7.11 Å². The molecule has 0 saturated heterocycles. The summed E-state index contributed by atoms with van der Waals surface area (Å²) in [7, 11) is 1.45. The van der Waals surface area contributed by atoms with Crippen molar-refractivity contribution in [1.29, 1.82) is 0 Å². The van der Waals surface area contributed by atoms with Crippen LogP contribution in [0.4, 0.5) is 4.39 Å². The van der Waals surface area contributed by atoms with Gasteiger partial charge in [-0.05, 0) is 43.9 Å². The molecule has 0 spiro atoms. The van der Waals surface area contributed by atoms with Crippen LogP contribution in [0.1, 0.15) is 30.1 Å². The largest absolute Gasteiger partial charge is 0.496 e. The predicted molar refractivity (Wildman–Crippen MR) is 62.6 cm³/mol. The quantitative estimate of drug-likeness (QED) is 0.816. The minimum Gasteiger partial charge on any atom is -0.496 e. The van der Waals surface area contributed by atoms with Crippen LogP contribution in [-0.2, 0) is 0 Å². The first-order valence-corrected chi connectivity index (χ1v) is 5.64. The summed E-state index contributed by atoms with van der Waals surface area (Å²) >= 11 is 0. The van der Waals surface area contributed by atoms with E-state index in [1.54, 1.807) is 6.92 Å². The Morgan fingerprint density at radius 1 is 1.53 bits per heavy atom. The van der Waals surface area contributed by atoms with Crippen molar-refractivity contribution in [2.24, 2.45) is 11.7 Å². The summed E-state index contributed by atoms with van der Waals surface area (Å²) < 4.78 is 18.3. The highest BCUT2D eigenvalue weighted by molar-refractivity contribution is 6.05. The number of methoxy groups -OCH3 is 1. The average molecular weight is 237 g/mol. The Balaban J connectivity index is 2.38. The fourth-order valence-electron chi connectivity index (χ4n) is 2.02. The summed E-state index contributed by atoms with van der Waals surface area (Å²) in [5.74, 6) is -0.145. The van der Waals surface area contributed by atoms with E-state index in [4.69, 9.17) is 10.5 Å². The molecule has 0 aliphatic heterocycles. The highest BCUT2D eigenvalue weighted by atomic mass is 19.1. The number of carbonyl (C=O) groups is 1. The molecule has 2 rings (SSSR count). The van der Waals surface area contributed by atoms with Crippen molar-refractivity contribution < 1.29 is 13.9 Å². The van der Waals surface area contributed by atoms with Crippen LogP contribution in [-0.4, -0.2) is 18.4 Å². The van der Waals surface area contributed by atoms with Crippen LogP contribution in [0.2, 0.25) is 0 Å². The second-order valence-corrected chi connectivity index (χ2v) is 4.73. The monoisotopic (exact) mass is 237 g/mol. The maximum absolute atomic E-state index is 13.2. The van der Waals surface area contributed by atoms with E-state index in [1.807, 2.05) is 0 Å². The number of Topliss-reactive ketones (excluding diaryl/α,β-unsaturated/α-hetero) is 1. The summed E-state index contributed by atoms with van der Waals surface area (Å²) in [6.45, 7) is 1.71. The summed E-state index contributed by atoms with van der Waals surface area (Å²) in [4.78, 5) is 12.3. The molecule has 3 nitrogen and oxygen atoms in total. The lowest BCUT2D eigenvalue weighted by molar-refractivity contribution is 0.0879. The number of halogens is 1. The standard InChI is InChI=1S/C13H16FNO2/c1-13(15,8-3-4-8)12(16)10-7-9(14)5-6-11(10)17-2/h5-8H,3-4,15H2,1-2H3. The van der Waals surface area contributed by atoms with Crippen molar-refractivity contribution in [3.63, 3.8) is 0 Å². The molecular formula is C13H16FNO2. The smallest absolute Gasteiger partial charge is 0.186 e. The maximum Gasteiger partial charge on any atom is 0.186 e. The summed E-state index contributed by atoms with van der Waals surface area (Å²) in [5, 5.41) is 0. The maximum atomic E-state index is 13.2. The zero-order valence-corrected chi connectivity index (χ0v) is 10.00. The average Bonchev–Trinajstić information content (AvgIpc) is 3.12. The molecule has 4 heteroatoms. The van der Waals surface area contributed by atoms with E-state index in [-0.39, 0.29) is 17.3 Å². The normalized spacial score (nSPS) is 18.6. The number of rotatable bonds is 4. The number of benzene rings is 1. The molecular weight excluding hydrogens is 221 g/mol. The minimum absolute atomic E-state index is 0.197. The topological polar surface area (TPSA) is 52.3 Å². The van der Waals surface area contributed by atoms with Crippen molar-refractivity contribution in [1.82, 2.24) is 0 Å². The van der Waals surface area contributed by atoms with E-state index in [9.17, 15) is 9.18 Å². The Hall–Kier alpha value is -1.42. The van der Waals surface area contributed by atoms with Crippen LogP contribution in [0.3, 0.4) is 0 Å². The first kappa shape index (κ1) is 12.0. The molecule has 2 N–H and O–H groups in total. The van der Waals surface area contributed by atoms with E-state index in [1.165, 1.54) is 25.3 Å². The van der Waals surface area contributed by atoms with E-state index >= 15 is 0 Å². The van der Waals surface area contributed by atoms with E-state index < -0.39 is 11.4 Å². The van der Waals surface area contributed by atoms with Gasteiger partial charge in [0.05, 0.1) is 18.2 Å². The predicted octanol–water partition coefficient (Wildman–Crippen LogP) is 2.14. The van der Waals surface area contributed by atoms with Gasteiger partial charge in [-0.2, -0.15) is 0 Å². The van der Waals surface area contributed by atoms with Gasteiger partial charge in [-0.3, -0.25) is 4.79 Å². The Morgan fingerprint density at radius 2 is 2.18 bits per heavy atom. The third-order valence-corrected chi connectivity index (χ3v) is 3.32. The fraction of sp³-hybridized carbons (Fsp3) is 0.462. The molecule has 92 valence electrons.